The van der Waals surface area contributed by atoms with E-state index >= 15 is 0 Å². The van der Waals surface area contributed by atoms with Crippen molar-refractivity contribution in [3.05, 3.63) is 54.1 Å². The van der Waals surface area contributed by atoms with Gasteiger partial charge in [-0.1, -0.05) is 12.1 Å². The molecule has 1 heterocycles. The zero-order chi connectivity index (χ0) is 19.4. The van der Waals surface area contributed by atoms with Crippen molar-refractivity contribution < 1.29 is 27.4 Å². The van der Waals surface area contributed by atoms with Crippen LogP contribution in [0.25, 0.3) is 0 Å². The largest absolute Gasteiger partial charge is 0.457 e. The molecule has 3 N–H and O–H groups in total. The van der Waals surface area contributed by atoms with E-state index in [1.807, 2.05) is 0 Å². The van der Waals surface area contributed by atoms with Gasteiger partial charge in [0.2, 0.25) is 0 Å². The smallest absolute Gasteiger partial charge is 0.419 e. The topological polar surface area (TPSA) is 73.6 Å². The quantitative estimate of drug-likeness (QED) is 0.824. The molecule has 0 saturated carbocycles. The van der Waals surface area contributed by atoms with Crippen LogP contribution in [0.3, 0.4) is 0 Å². The van der Waals surface area contributed by atoms with Crippen molar-refractivity contribution in [3.8, 4) is 11.5 Å². The molecule has 2 aromatic carbocycles. The maximum atomic E-state index is 13.0. The predicted molar refractivity (Wildman–Crippen MR) is 93.5 cm³/mol. The number of carbonyl (C=O) groups is 1. The van der Waals surface area contributed by atoms with Crippen molar-refractivity contribution in [2.75, 3.05) is 11.9 Å². The van der Waals surface area contributed by atoms with Crippen LogP contribution >= 0.6 is 0 Å². The average molecular weight is 380 g/mol. The molecule has 2 atom stereocenters. The molecule has 27 heavy (non-hydrogen) atoms. The summed E-state index contributed by atoms with van der Waals surface area (Å²) in [5.41, 5.74) is 5.17. The molecular weight excluding hydrogens is 361 g/mol. The maximum Gasteiger partial charge on any atom is 0.419 e. The van der Waals surface area contributed by atoms with Crippen LogP contribution < -0.4 is 15.8 Å². The molecule has 1 saturated heterocycles. The Labute approximate surface area is 154 Å². The molecule has 0 spiro atoms. The first-order valence-corrected chi connectivity index (χ1v) is 8.47. The molecule has 1 aliphatic heterocycles. The normalized spacial score (nSPS) is 19.7. The lowest BCUT2D eigenvalue weighted by molar-refractivity contribution is -0.138. The van der Waals surface area contributed by atoms with Crippen LogP contribution in [0, 0.1) is 0 Å². The van der Waals surface area contributed by atoms with Crippen LogP contribution in [0.4, 0.5) is 18.9 Å². The standard InChI is InChI=1S/C19H19F3N2O3/c20-19(21,22)15-3-1-2-4-16(15)26-13-7-5-12(6-8-13)24-18(25)17-10-9-14(11-23)27-17/h1-8,14,17H,9-11,23H2,(H,24,25)/t14-,17+/m1/s1. The van der Waals surface area contributed by atoms with E-state index in [-0.39, 0.29) is 23.5 Å². The third-order valence-corrected chi connectivity index (χ3v) is 4.20. The van der Waals surface area contributed by atoms with E-state index in [1.54, 1.807) is 12.1 Å². The van der Waals surface area contributed by atoms with Gasteiger partial charge in [-0.05, 0) is 49.2 Å². The van der Waals surface area contributed by atoms with Crippen LogP contribution in [0.15, 0.2) is 48.5 Å². The number of para-hydroxylation sites is 1. The highest BCUT2D eigenvalue weighted by atomic mass is 19.4. The summed E-state index contributed by atoms with van der Waals surface area (Å²) in [6.07, 6.45) is -3.82. The van der Waals surface area contributed by atoms with E-state index < -0.39 is 17.8 Å². The molecule has 144 valence electrons. The summed E-state index contributed by atoms with van der Waals surface area (Å²) in [7, 11) is 0. The molecule has 5 nitrogen and oxygen atoms in total. The summed E-state index contributed by atoms with van der Waals surface area (Å²) in [5.74, 6) is -0.332. The first-order chi connectivity index (χ1) is 12.9. The second kappa shape index (κ2) is 7.98. The Hall–Kier alpha value is -2.58. The van der Waals surface area contributed by atoms with Gasteiger partial charge in [-0.15, -0.1) is 0 Å². The third kappa shape index (κ3) is 4.78. The summed E-state index contributed by atoms with van der Waals surface area (Å²) < 4.78 is 49.9. The van der Waals surface area contributed by atoms with Crippen LogP contribution in [0.5, 0.6) is 11.5 Å². The summed E-state index contributed by atoms with van der Waals surface area (Å²) in [5, 5.41) is 2.71. The summed E-state index contributed by atoms with van der Waals surface area (Å²) in [6.45, 7) is 0.370. The van der Waals surface area contributed by atoms with Gasteiger partial charge in [0.15, 0.2) is 0 Å². The highest BCUT2D eigenvalue weighted by Gasteiger charge is 2.34. The number of hydrogen-bond donors (Lipinski definition) is 2. The monoisotopic (exact) mass is 380 g/mol. The number of benzene rings is 2. The van der Waals surface area contributed by atoms with Gasteiger partial charge in [0.25, 0.3) is 5.91 Å². The van der Waals surface area contributed by atoms with E-state index in [1.165, 1.54) is 30.3 Å². The zero-order valence-electron chi connectivity index (χ0n) is 14.3. The van der Waals surface area contributed by atoms with E-state index in [0.717, 1.165) is 12.5 Å². The number of halogens is 3. The fourth-order valence-corrected chi connectivity index (χ4v) is 2.82. The Morgan fingerprint density at radius 3 is 2.48 bits per heavy atom. The van der Waals surface area contributed by atoms with Gasteiger partial charge in [-0.2, -0.15) is 13.2 Å². The SMILES string of the molecule is NC[C@H]1CC[C@@H](C(=O)Nc2ccc(Oc3ccccc3C(F)(F)F)cc2)O1. The molecule has 0 radical (unpaired) electrons. The van der Waals surface area contributed by atoms with E-state index in [2.05, 4.69) is 5.32 Å². The van der Waals surface area contributed by atoms with Crippen molar-refractivity contribution >= 4 is 11.6 Å². The van der Waals surface area contributed by atoms with Crippen molar-refractivity contribution in [3.63, 3.8) is 0 Å². The van der Waals surface area contributed by atoms with Crippen molar-refractivity contribution in [1.82, 2.24) is 0 Å². The minimum atomic E-state index is -4.51. The molecule has 0 aromatic heterocycles. The number of nitrogens with two attached hydrogens (primary N) is 1. The summed E-state index contributed by atoms with van der Waals surface area (Å²) >= 11 is 0. The van der Waals surface area contributed by atoms with Crippen molar-refractivity contribution in [1.29, 1.82) is 0 Å². The van der Waals surface area contributed by atoms with Crippen LogP contribution in [0.1, 0.15) is 18.4 Å². The van der Waals surface area contributed by atoms with Gasteiger partial charge in [0, 0.05) is 12.2 Å². The minimum Gasteiger partial charge on any atom is -0.457 e. The Morgan fingerprint density at radius 2 is 1.85 bits per heavy atom. The molecule has 1 amide bonds. The van der Waals surface area contributed by atoms with Gasteiger partial charge in [-0.25, -0.2) is 0 Å². The average Bonchev–Trinajstić information content (AvgIpc) is 3.12. The fraction of sp³-hybridized carbons (Fsp3) is 0.316. The first-order valence-electron chi connectivity index (χ1n) is 8.47. The van der Waals surface area contributed by atoms with Crippen LogP contribution in [-0.2, 0) is 15.7 Å². The van der Waals surface area contributed by atoms with Gasteiger partial charge in [-0.3, -0.25) is 4.79 Å². The van der Waals surface area contributed by atoms with Crippen molar-refractivity contribution in [2.24, 2.45) is 5.73 Å². The number of alkyl halides is 3. The first kappa shape index (κ1) is 19.2. The Morgan fingerprint density at radius 1 is 1.15 bits per heavy atom. The van der Waals surface area contributed by atoms with E-state index in [0.29, 0.717) is 18.7 Å². The fourth-order valence-electron chi connectivity index (χ4n) is 2.82. The molecule has 0 aliphatic carbocycles. The van der Waals surface area contributed by atoms with Gasteiger partial charge >= 0.3 is 6.18 Å². The second-order valence-electron chi connectivity index (χ2n) is 6.17. The minimum absolute atomic E-state index is 0.106. The van der Waals surface area contributed by atoms with Crippen LogP contribution in [-0.4, -0.2) is 24.7 Å². The summed E-state index contributed by atoms with van der Waals surface area (Å²) in [6, 6.07) is 11.1. The maximum absolute atomic E-state index is 13.0. The molecule has 0 bridgehead atoms. The molecule has 1 fully saturated rings. The lowest BCUT2D eigenvalue weighted by atomic mass is 10.2. The van der Waals surface area contributed by atoms with E-state index in [4.69, 9.17) is 15.2 Å². The molecule has 0 unspecified atom stereocenters. The number of anilines is 1. The van der Waals surface area contributed by atoms with Crippen LogP contribution in [0.2, 0.25) is 0 Å². The summed E-state index contributed by atoms with van der Waals surface area (Å²) in [4.78, 5) is 12.2. The molecule has 8 heteroatoms. The lowest BCUT2D eigenvalue weighted by Gasteiger charge is -2.14. The highest BCUT2D eigenvalue weighted by molar-refractivity contribution is 5.94. The second-order valence-corrected chi connectivity index (χ2v) is 6.17. The van der Waals surface area contributed by atoms with E-state index in [9.17, 15) is 18.0 Å². The Bertz CT molecular complexity index is 794. The Kier molecular flexibility index (Phi) is 5.67. The number of hydrogen-bond acceptors (Lipinski definition) is 4. The van der Waals surface area contributed by atoms with Gasteiger partial charge in [0.05, 0.1) is 11.7 Å². The number of rotatable bonds is 5. The highest BCUT2D eigenvalue weighted by Crippen LogP contribution is 2.38. The number of ether oxygens (including phenoxy) is 2. The Balaban J connectivity index is 1.64. The number of nitrogens with one attached hydrogen (secondary N) is 1. The molecule has 2 aromatic rings. The lowest BCUT2D eigenvalue weighted by Crippen LogP contribution is -2.29. The predicted octanol–water partition coefficient (Wildman–Crippen LogP) is 3.94. The van der Waals surface area contributed by atoms with Gasteiger partial charge < -0.3 is 20.5 Å². The molecule has 1 aliphatic rings. The zero-order valence-corrected chi connectivity index (χ0v) is 14.3. The van der Waals surface area contributed by atoms with Gasteiger partial charge in [0.1, 0.15) is 17.6 Å². The third-order valence-electron chi connectivity index (χ3n) is 4.20. The number of carbonyl (C=O) groups excluding carboxylic acids is 1. The molecular formula is C19H19F3N2O3. The molecule has 3 rings (SSSR count). The van der Waals surface area contributed by atoms with Crippen molar-refractivity contribution in [2.45, 2.75) is 31.2 Å². The number of amides is 1.